The van der Waals surface area contributed by atoms with E-state index >= 15 is 0 Å². The predicted molar refractivity (Wildman–Crippen MR) is 92.3 cm³/mol. The number of carbonyl (C=O) groups excluding carboxylic acids is 2. The van der Waals surface area contributed by atoms with Crippen molar-refractivity contribution in [2.24, 2.45) is 11.8 Å². The Kier molecular flexibility index (Phi) is 4.14. The Labute approximate surface area is 153 Å². The average molecular weight is 377 g/mol. The first kappa shape index (κ1) is 17.3. The van der Waals surface area contributed by atoms with E-state index < -0.39 is 17.6 Å². The van der Waals surface area contributed by atoms with Crippen molar-refractivity contribution >= 4 is 22.9 Å². The first-order valence-electron chi connectivity index (χ1n) is 8.49. The number of hydrogen-bond donors (Lipinski definition) is 0. The third-order valence-corrected chi connectivity index (χ3v) is 6.40. The molecule has 136 valence electrons. The number of thiazole rings is 1. The van der Waals surface area contributed by atoms with Crippen molar-refractivity contribution in [3.05, 3.63) is 34.3 Å². The highest BCUT2D eigenvalue weighted by molar-refractivity contribution is 7.15. The van der Waals surface area contributed by atoms with Crippen LogP contribution in [0, 0.1) is 30.4 Å². The maximum Gasteiger partial charge on any atom is 0.165 e. The SMILES string of the molecule is COc1cc(F)c(-c2nc(C3C(=O)C4CC[C@@H](C4)C3=O)c(C)s2)cc1F. The smallest absolute Gasteiger partial charge is 0.165 e. The lowest BCUT2D eigenvalue weighted by molar-refractivity contribution is -0.136. The largest absolute Gasteiger partial charge is 0.494 e. The van der Waals surface area contributed by atoms with Gasteiger partial charge >= 0.3 is 0 Å². The minimum absolute atomic E-state index is 0.00123. The van der Waals surface area contributed by atoms with Crippen molar-refractivity contribution in [2.45, 2.75) is 32.1 Å². The van der Waals surface area contributed by atoms with E-state index in [1.165, 1.54) is 7.11 Å². The highest BCUT2D eigenvalue weighted by atomic mass is 32.1. The van der Waals surface area contributed by atoms with Gasteiger partial charge in [-0.15, -0.1) is 11.3 Å². The number of rotatable bonds is 3. The molecule has 0 radical (unpaired) electrons. The van der Waals surface area contributed by atoms with Crippen LogP contribution >= 0.6 is 11.3 Å². The monoisotopic (exact) mass is 377 g/mol. The van der Waals surface area contributed by atoms with Crippen LogP contribution in [0.25, 0.3) is 10.6 Å². The Hall–Kier alpha value is -2.15. The van der Waals surface area contributed by atoms with Crippen LogP contribution < -0.4 is 4.74 Å². The molecule has 2 aliphatic rings. The third-order valence-electron chi connectivity index (χ3n) is 5.38. The molecule has 0 N–H and O–H groups in total. The number of benzene rings is 1. The molecule has 2 unspecified atom stereocenters. The number of nitrogens with zero attached hydrogens (tertiary/aromatic N) is 1. The molecule has 2 bridgehead atoms. The van der Waals surface area contributed by atoms with Crippen molar-refractivity contribution < 1.29 is 23.1 Å². The van der Waals surface area contributed by atoms with Crippen LogP contribution in [0.2, 0.25) is 0 Å². The van der Waals surface area contributed by atoms with Gasteiger partial charge in [0.05, 0.1) is 12.8 Å². The Morgan fingerprint density at radius 1 is 1.12 bits per heavy atom. The Balaban J connectivity index is 1.76. The van der Waals surface area contributed by atoms with Gasteiger partial charge in [0.1, 0.15) is 16.7 Å². The fourth-order valence-corrected chi connectivity index (χ4v) is 4.99. The lowest BCUT2D eigenvalue weighted by atomic mass is 9.77. The van der Waals surface area contributed by atoms with Gasteiger partial charge in [0.2, 0.25) is 0 Å². The molecule has 2 aliphatic carbocycles. The molecule has 4 rings (SSSR count). The van der Waals surface area contributed by atoms with Gasteiger partial charge in [0.15, 0.2) is 23.1 Å². The molecule has 2 saturated carbocycles. The molecule has 0 saturated heterocycles. The molecule has 0 aliphatic heterocycles. The second-order valence-corrected chi connectivity index (χ2v) is 8.07. The van der Waals surface area contributed by atoms with Gasteiger partial charge in [-0.1, -0.05) is 0 Å². The summed E-state index contributed by atoms with van der Waals surface area (Å²) in [5, 5.41) is 0.259. The number of fused-ring (bicyclic) bond motifs is 2. The Morgan fingerprint density at radius 2 is 1.77 bits per heavy atom. The number of ether oxygens (including phenoxy) is 1. The summed E-state index contributed by atoms with van der Waals surface area (Å²) in [6, 6.07) is 2.00. The number of Topliss-reactive ketones (excluding diaryl/α,β-unsaturated/α-hetero) is 2. The minimum Gasteiger partial charge on any atom is -0.494 e. The van der Waals surface area contributed by atoms with E-state index in [4.69, 9.17) is 4.74 Å². The molecule has 3 atom stereocenters. The highest BCUT2D eigenvalue weighted by Gasteiger charge is 2.48. The van der Waals surface area contributed by atoms with E-state index in [1.807, 2.05) is 0 Å². The maximum absolute atomic E-state index is 14.4. The summed E-state index contributed by atoms with van der Waals surface area (Å²) in [7, 11) is 1.26. The minimum atomic E-state index is -0.864. The van der Waals surface area contributed by atoms with Gasteiger partial charge in [-0.3, -0.25) is 9.59 Å². The molecule has 26 heavy (non-hydrogen) atoms. The predicted octanol–water partition coefficient (Wildman–Crippen LogP) is 4.06. The molecular weight excluding hydrogens is 360 g/mol. The second kappa shape index (κ2) is 6.23. The molecule has 0 amide bonds. The highest BCUT2D eigenvalue weighted by Crippen LogP contribution is 2.45. The van der Waals surface area contributed by atoms with Crippen molar-refractivity contribution in [1.82, 2.24) is 4.98 Å². The van der Waals surface area contributed by atoms with E-state index in [2.05, 4.69) is 4.98 Å². The van der Waals surface area contributed by atoms with Crippen molar-refractivity contribution in [3.8, 4) is 16.3 Å². The van der Waals surface area contributed by atoms with E-state index in [0.717, 1.165) is 36.3 Å². The first-order chi connectivity index (χ1) is 12.4. The van der Waals surface area contributed by atoms with Crippen molar-refractivity contribution in [3.63, 3.8) is 0 Å². The molecular formula is C19H17F2NO3S. The van der Waals surface area contributed by atoms with Crippen LogP contribution in [-0.4, -0.2) is 23.7 Å². The van der Waals surface area contributed by atoms with Gasteiger partial charge in [-0.2, -0.15) is 0 Å². The molecule has 1 aromatic carbocycles. The molecule has 0 spiro atoms. The second-order valence-electron chi connectivity index (χ2n) is 6.87. The summed E-state index contributed by atoms with van der Waals surface area (Å²) < 4.78 is 33.1. The molecule has 2 fully saturated rings. The van der Waals surface area contributed by atoms with Crippen LogP contribution in [-0.2, 0) is 9.59 Å². The number of aryl methyl sites for hydroxylation is 1. The van der Waals surface area contributed by atoms with Gasteiger partial charge in [0.25, 0.3) is 0 Å². The molecule has 1 heterocycles. The number of ketones is 2. The quantitative estimate of drug-likeness (QED) is 0.757. The van der Waals surface area contributed by atoms with Crippen LogP contribution in [0.3, 0.4) is 0 Å². The van der Waals surface area contributed by atoms with Crippen molar-refractivity contribution in [1.29, 1.82) is 0 Å². The van der Waals surface area contributed by atoms with Crippen LogP contribution in [0.15, 0.2) is 12.1 Å². The summed E-state index contributed by atoms with van der Waals surface area (Å²) in [5.74, 6) is -2.72. The summed E-state index contributed by atoms with van der Waals surface area (Å²) in [6.07, 6.45) is 2.14. The van der Waals surface area contributed by atoms with E-state index in [0.29, 0.717) is 17.0 Å². The maximum atomic E-state index is 14.4. The van der Waals surface area contributed by atoms with Gasteiger partial charge in [-0.05, 0) is 32.3 Å². The number of methoxy groups -OCH3 is 1. The summed E-state index contributed by atoms with van der Waals surface area (Å²) in [6.45, 7) is 1.76. The number of aromatic nitrogens is 1. The Morgan fingerprint density at radius 3 is 2.38 bits per heavy atom. The van der Waals surface area contributed by atoms with Crippen LogP contribution in [0.5, 0.6) is 5.75 Å². The normalized spacial score (nSPS) is 25.0. The Bertz CT molecular complexity index is 902. The average Bonchev–Trinajstić information content (AvgIpc) is 3.21. The van der Waals surface area contributed by atoms with Crippen LogP contribution in [0.4, 0.5) is 8.78 Å². The van der Waals surface area contributed by atoms with Gasteiger partial charge in [-0.25, -0.2) is 13.8 Å². The van der Waals surface area contributed by atoms with Crippen molar-refractivity contribution in [2.75, 3.05) is 7.11 Å². The first-order valence-corrected chi connectivity index (χ1v) is 9.30. The zero-order valence-electron chi connectivity index (χ0n) is 14.3. The zero-order valence-corrected chi connectivity index (χ0v) is 15.2. The molecule has 7 heteroatoms. The molecule has 1 aromatic heterocycles. The molecule has 4 nitrogen and oxygen atoms in total. The summed E-state index contributed by atoms with van der Waals surface area (Å²) in [4.78, 5) is 30.5. The lowest BCUT2D eigenvalue weighted by Crippen LogP contribution is -2.35. The number of halogens is 2. The topological polar surface area (TPSA) is 56.3 Å². The van der Waals surface area contributed by atoms with E-state index in [-0.39, 0.29) is 39.7 Å². The third kappa shape index (κ3) is 2.57. The summed E-state index contributed by atoms with van der Waals surface area (Å²) >= 11 is 1.16. The fraction of sp³-hybridized carbons (Fsp3) is 0.421. The van der Waals surface area contributed by atoms with Crippen LogP contribution in [0.1, 0.15) is 35.8 Å². The lowest BCUT2D eigenvalue weighted by Gasteiger charge is -2.24. The fourth-order valence-electron chi connectivity index (χ4n) is 4.02. The van der Waals surface area contributed by atoms with Gasteiger partial charge in [0, 0.05) is 28.3 Å². The number of carbonyl (C=O) groups is 2. The number of hydrogen-bond acceptors (Lipinski definition) is 5. The van der Waals surface area contributed by atoms with E-state index in [1.54, 1.807) is 6.92 Å². The van der Waals surface area contributed by atoms with Gasteiger partial charge < -0.3 is 4.74 Å². The zero-order chi connectivity index (χ0) is 18.6. The molecule has 2 aromatic rings. The van der Waals surface area contributed by atoms with E-state index in [9.17, 15) is 18.4 Å². The summed E-state index contributed by atoms with van der Waals surface area (Å²) in [5.41, 5.74) is 0.397. The standard InChI is InChI=1S/C19H17F2NO3S/c1-8-16(15-17(23)9-3-4-10(5-9)18(15)24)22-19(26-8)11-6-13(21)14(25-2)7-12(11)20/h6-7,9-10,15H,3-5H2,1-2H3/t9-,10?,15?/m0/s1.